The Morgan fingerprint density at radius 1 is 1.27 bits per heavy atom. The zero-order chi connectivity index (χ0) is 22.1. The topological polar surface area (TPSA) is 97.7 Å². The largest absolute Gasteiger partial charge is 0.461 e. The minimum Gasteiger partial charge on any atom is -0.461 e. The van der Waals surface area contributed by atoms with E-state index in [-0.39, 0.29) is 35.8 Å². The molecule has 162 valence electrons. The van der Waals surface area contributed by atoms with Crippen molar-refractivity contribution in [2.45, 2.75) is 30.7 Å². The second kappa shape index (κ2) is 8.52. The highest BCUT2D eigenvalue weighted by atomic mass is 32.2. The molecule has 0 radical (unpaired) electrons. The van der Waals surface area contributed by atoms with Gasteiger partial charge in [-0.15, -0.1) is 0 Å². The molecular formula is C19H21F2N3O5S. The van der Waals surface area contributed by atoms with Crippen LogP contribution in [-0.4, -0.2) is 48.4 Å². The van der Waals surface area contributed by atoms with Gasteiger partial charge in [0.25, 0.3) is 0 Å². The summed E-state index contributed by atoms with van der Waals surface area (Å²) in [7, 11) is -2.59. The number of amides is 1. The van der Waals surface area contributed by atoms with Crippen molar-refractivity contribution >= 4 is 27.6 Å². The fourth-order valence-electron chi connectivity index (χ4n) is 3.32. The molecule has 1 amide bonds. The van der Waals surface area contributed by atoms with Crippen molar-refractivity contribution in [1.82, 2.24) is 8.87 Å². The Labute approximate surface area is 172 Å². The van der Waals surface area contributed by atoms with E-state index in [4.69, 9.17) is 4.74 Å². The van der Waals surface area contributed by atoms with E-state index in [1.54, 1.807) is 6.92 Å². The highest BCUT2D eigenvalue weighted by Gasteiger charge is 2.40. The molecule has 1 N–H and O–H groups in total. The Bertz CT molecular complexity index is 1080. The number of carbonyl (C=O) groups excluding carboxylic acids is 2. The van der Waals surface area contributed by atoms with Crippen molar-refractivity contribution in [3.8, 4) is 0 Å². The number of aromatic nitrogens is 1. The van der Waals surface area contributed by atoms with Crippen molar-refractivity contribution in [3.63, 3.8) is 0 Å². The van der Waals surface area contributed by atoms with Gasteiger partial charge >= 0.3 is 5.97 Å². The van der Waals surface area contributed by atoms with E-state index in [0.29, 0.717) is 12.5 Å². The van der Waals surface area contributed by atoms with Crippen LogP contribution >= 0.6 is 0 Å². The van der Waals surface area contributed by atoms with Crippen molar-refractivity contribution < 1.29 is 31.5 Å². The Balaban J connectivity index is 1.84. The third-order valence-corrected chi connectivity index (χ3v) is 6.64. The Kier molecular flexibility index (Phi) is 6.22. The molecule has 0 aliphatic carbocycles. The molecule has 1 aliphatic rings. The Morgan fingerprint density at radius 2 is 2.00 bits per heavy atom. The zero-order valence-electron chi connectivity index (χ0n) is 16.4. The first-order chi connectivity index (χ1) is 14.1. The summed E-state index contributed by atoms with van der Waals surface area (Å²) in [4.78, 5) is 24.5. The lowest BCUT2D eigenvalue weighted by Crippen LogP contribution is -2.43. The maximum Gasteiger partial charge on any atom is 0.354 e. The van der Waals surface area contributed by atoms with Crippen molar-refractivity contribution in [2.75, 3.05) is 18.5 Å². The molecule has 8 nitrogen and oxygen atoms in total. The Morgan fingerprint density at radius 3 is 2.67 bits per heavy atom. The quantitative estimate of drug-likeness (QED) is 0.694. The second-order valence-corrected chi connectivity index (χ2v) is 8.67. The van der Waals surface area contributed by atoms with Crippen LogP contribution in [0.1, 0.15) is 30.3 Å². The number of aryl methyl sites for hydroxylation is 1. The van der Waals surface area contributed by atoms with Crippen LogP contribution in [0, 0.1) is 11.6 Å². The first kappa shape index (κ1) is 21.9. The normalized spacial score (nSPS) is 17.1. The molecule has 0 bridgehead atoms. The lowest BCUT2D eigenvalue weighted by Gasteiger charge is -2.23. The van der Waals surface area contributed by atoms with Gasteiger partial charge in [-0.05, 0) is 38.0 Å². The van der Waals surface area contributed by atoms with Crippen molar-refractivity contribution in [3.05, 3.63) is 47.8 Å². The van der Waals surface area contributed by atoms with Gasteiger partial charge in [0.2, 0.25) is 15.9 Å². The average Bonchev–Trinajstić information content (AvgIpc) is 3.32. The number of halogens is 2. The molecule has 11 heteroatoms. The fraction of sp³-hybridized carbons (Fsp3) is 0.368. The molecule has 30 heavy (non-hydrogen) atoms. The number of anilines is 1. The predicted octanol–water partition coefficient (Wildman–Crippen LogP) is 2.27. The van der Waals surface area contributed by atoms with Crippen LogP contribution in [0.3, 0.4) is 0 Å². The smallest absolute Gasteiger partial charge is 0.354 e. The van der Waals surface area contributed by atoms with Crippen LogP contribution in [0.15, 0.2) is 35.4 Å². The van der Waals surface area contributed by atoms with E-state index in [1.807, 2.05) is 0 Å². The maximum absolute atomic E-state index is 13.8. The molecule has 1 fully saturated rings. The summed E-state index contributed by atoms with van der Waals surface area (Å²) in [5.74, 6) is -3.14. The highest BCUT2D eigenvalue weighted by Crippen LogP contribution is 2.28. The molecule has 2 aromatic rings. The third kappa shape index (κ3) is 4.21. The molecule has 1 aromatic heterocycles. The fourth-order valence-corrected chi connectivity index (χ4v) is 5.04. The van der Waals surface area contributed by atoms with Gasteiger partial charge in [0.15, 0.2) is 0 Å². The molecule has 1 aromatic carbocycles. The van der Waals surface area contributed by atoms with E-state index < -0.39 is 39.6 Å². The van der Waals surface area contributed by atoms with Gasteiger partial charge in [0, 0.05) is 25.9 Å². The van der Waals surface area contributed by atoms with Crippen LogP contribution < -0.4 is 5.32 Å². The van der Waals surface area contributed by atoms with Crippen LogP contribution in [0.2, 0.25) is 0 Å². The molecule has 3 rings (SSSR count). The molecule has 0 saturated carbocycles. The van der Waals surface area contributed by atoms with Gasteiger partial charge < -0.3 is 14.6 Å². The van der Waals surface area contributed by atoms with Gasteiger partial charge in [-0.25, -0.2) is 22.0 Å². The van der Waals surface area contributed by atoms with Gasteiger partial charge in [0.1, 0.15) is 28.3 Å². The number of esters is 1. The summed E-state index contributed by atoms with van der Waals surface area (Å²) in [6.45, 7) is 1.87. The summed E-state index contributed by atoms with van der Waals surface area (Å²) in [5, 5.41) is 2.32. The summed E-state index contributed by atoms with van der Waals surface area (Å²) < 4.78 is 60.4. The van der Waals surface area contributed by atoms with E-state index in [2.05, 4.69) is 5.32 Å². The summed E-state index contributed by atoms with van der Waals surface area (Å²) in [6, 6.07) is 2.81. The summed E-state index contributed by atoms with van der Waals surface area (Å²) in [6.07, 6.45) is 1.95. The van der Waals surface area contributed by atoms with Gasteiger partial charge in [-0.2, -0.15) is 4.31 Å². The molecule has 2 heterocycles. The number of hydrogen-bond acceptors (Lipinski definition) is 5. The molecule has 1 saturated heterocycles. The first-order valence-corrected chi connectivity index (χ1v) is 10.7. The number of ether oxygens (including phenoxy) is 1. The minimum absolute atomic E-state index is 0.0593. The number of nitrogens with one attached hydrogen (secondary N) is 1. The van der Waals surface area contributed by atoms with Gasteiger partial charge in [0.05, 0.1) is 12.3 Å². The lowest BCUT2D eigenvalue weighted by molar-refractivity contribution is -0.119. The standard InChI is InChI=1S/C19H21F2N3O5S/c1-3-29-19(26)17-10-13(11-23(17)2)30(27,28)24-8-4-5-16(24)18(25)22-15-7-6-12(20)9-14(15)21/h6-7,9-11,16H,3-5,8H2,1-2H3,(H,22,25). The lowest BCUT2D eigenvalue weighted by atomic mass is 10.2. The average molecular weight is 441 g/mol. The van der Waals surface area contributed by atoms with E-state index in [1.165, 1.54) is 23.9 Å². The summed E-state index contributed by atoms with van der Waals surface area (Å²) >= 11 is 0. The van der Waals surface area contributed by atoms with Crippen LogP contribution in [0.25, 0.3) is 0 Å². The highest BCUT2D eigenvalue weighted by molar-refractivity contribution is 7.89. The monoisotopic (exact) mass is 441 g/mol. The maximum atomic E-state index is 13.8. The molecule has 1 aliphatic heterocycles. The van der Waals surface area contributed by atoms with Gasteiger partial charge in [-0.1, -0.05) is 0 Å². The zero-order valence-corrected chi connectivity index (χ0v) is 17.2. The van der Waals surface area contributed by atoms with Crippen LogP contribution in [-0.2, 0) is 26.6 Å². The Hall–Kier alpha value is -2.79. The number of nitrogens with zero attached hydrogens (tertiary/aromatic N) is 2. The molecule has 1 unspecified atom stereocenters. The molecule has 1 atom stereocenters. The van der Waals surface area contributed by atoms with E-state index in [0.717, 1.165) is 16.4 Å². The molecular weight excluding hydrogens is 420 g/mol. The van der Waals surface area contributed by atoms with Crippen LogP contribution in [0.5, 0.6) is 0 Å². The van der Waals surface area contributed by atoms with Crippen molar-refractivity contribution in [2.24, 2.45) is 7.05 Å². The number of hydrogen-bond donors (Lipinski definition) is 1. The number of rotatable bonds is 6. The van der Waals surface area contributed by atoms with Gasteiger partial charge in [-0.3, -0.25) is 4.79 Å². The predicted molar refractivity (Wildman–Crippen MR) is 103 cm³/mol. The van der Waals surface area contributed by atoms with Crippen LogP contribution in [0.4, 0.5) is 14.5 Å². The number of carbonyl (C=O) groups is 2. The molecule has 0 spiro atoms. The second-order valence-electron chi connectivity index (χ2n) is 6.78. The van der Waals surface area contributed by atoms with E-state index in [9.17, 15) is 26.8 Å². The first-order valence-electron chi connectivity index (χ1n) is 9.26. The minimum atomic E-state index is -4.10. The van der Waals surface area contributed by atoms with E-state index >= 15 is 0 Å². The number of benzene rings is 1. The summed E-state index contributed by atoms with van der Waals surface area (Å²) in [5.41, 5.74) is -0.182. The van der Waals surface area contributed by atoms with Crippen molar-refractivity contribution in [1.29, 1.82) is 0 Å². The third-order valence-electron chi connectivity index (χ3n) is 4.77. The SMILES string of the molecule is CCOC(=O)c1cc(S(=O)(=O)N2CCCC2C(=O)Nc2ccc(F)cc2F)cn1C. The number of sulfonamides is 1.